The fraction of sp³-hybridized carbons (Fsp3) is 0.286. The standard InChI is InChI=1S/C7H7NO4S/c1-12-7(11)3-4(13-2)6(10)8-5(3)9/h1-2H3,(H,8,9,10). The molecular weight excluding hydrogens is 194 g/mol. The highest BCUT2D eigenvalue weighted by Gasteiger charge is 2.34. The van der Waals surface area contributed by atoms with Gasteiger partial charge in [-0.2, -0.15) is 0 Å². The Morgan fingerprint density at radius 3 is 2.46 bits per heavy atom. The zero-order chi connectivity index (χ0) is 10.0. The number of amides is 2. The van der Waals surface area contributed by atoms with E-state index < -0.39 is 17.8 Å². The number of ether oxygens (including phenoxy) is 1. The first kappa shape index (κ1) is 9.79. The lowest BCUT2D eigenvalue weighted by molar-refractivity contribution is -0.137. The number of rotatable bonds is 2. The minimum Gasteiger partial charge on any atom is -0.465 e. The summed E-state index contributed by atoms with van der Waals surface area (Å²) in [6.07, 6.45) is 1.61. The highest BCUT2D eigenvalue weighted by Crippen LogP contribution is 2.22. The maximum absolute atomic E-state index is 11.1. The Morgan fingerprint density at radius 1 is 1.38 bits per heavy atom. The summed E-state index contributed by atoms with van der Waals surface area (Å²) < 4.78 is 4.36. The van der Waals surface area contributed by atoms with Crippen LogP contribution in [0, 0.1) is 0 Å². The summed E-state index contributed by atoms with van der Waals surface area (Å²) in [5.74, 6) is -2.02. The zero-order valence-corrected chi connectivity index (χ0v) is 7.86. The molecule has 0 saturated heterocycles. The smallest absolute Gasteiger partial charge is 0.344 e. The summed E-state index contributed by atoms with van der Waals surface area (Å²) in [6.45, 7) is 0. The van der Waals surface area contributed by atoms with Crippen LogP contribution in [0.5, 0.6) is 0 Å². The van der Waals surface area contributed by atoms with Crippen LogP contribution in [0.1, 0.15) is 0 Å². The van der Waals surface area contributed by atoms with Gasteiger partial charge < -0.3 is 4.74 Å². The van der Waals surface area contributed by atoms with Crippen LogP contribution in [-0.2, 0) is 19.1 Å². The predicted octanol–water partition coefficient (Wildman–Crippen LogP) is -0.567. The summed E-state index contributed by atoms with van der Waals surface area (Å²) in [6, 6.07) is 0. The molecule has 1 heterocycles. The van der Waals surface area contributed by atoms with E-state index in [9.17, 15) is 14.4 Å². The second-order valence-corrected chi connectivity index (χ2v) is 3.00. The Hall–Kier alpha value is -1.30. The van der Waals surface area contributed by atoms with E-state index in [1.165, 1.54) is 0 Å². The maximum Gasteiger partial charge on any atom is 0.344 e. The molecule has 1 aliphatic heterocycles. The van der Waals surface area contributed by atoms with E-state index in [4.69, 9.17) is 0 Å². The minimum absolute atomic E-state index is 0.108. The molecule has 0 aromatic carbocycles. The number of nitrogens with one attached hydrogen (secondary N) is 1. The molecule has 0 atom stereocenters. The van der Waals surface area contributed by atoms with Crippen LogP contribution in [0.2, 0.25) is 0 Å². The topological polar surface area (TPSA) is 72.5 Å². The Labute approximate surface area is 78.5 Å². The molecule has 0 aliphatic carbocycles. The van der Waals surface area contributed by atoms with Crippen molar-refractivity contribution in [1.29, 1.82) is 0 Å². The molecule has 2 amide bonds. The highest BCUT2D eigenvalue weighted by atomic mass is 32.2. The van der Waals surface area contributed by atoms with E-state index in [2.05, 4.69) is 4.74 Å². The molecular formula is C7H7NO4S. The van der Waals surface area contributed by atoms with Gasteiger partial charge in [0.15, 0.2) is 0 Å². The molecule has 0 spiro atoms. The molecule has 0 aromatic heterocycles. The van der Waals surface area contributed by atoms with Crippen LogP contribution in [0.15, 0.2) is 10.5 Å². The number of carbonyl (C=O) groups excluding carboxylic acids is 3. The Balaban J connectivity index is 3.13. The van der Waals surface area contributed by atoms with Crippen molar-refractivity contribution in [3.63, 3.8) is 0 Å². The van der Waals surface area contributed by atoms with Crippen molar-refractivity contribution in [3.8, 4) is 0 Å². The van der Waals surface area contributed by atoms with Crippen LogP contribution in [0.25, 0.3) is 0 Å². The third-order valence-electron chi connectivity index (χ3n) is 1.48. The van der Waals surface area contributed by atoms with Gasteiger partial charge in [-0.05, 0) is 6.26 Å². The molecule has 0 saturated carbocycles. The molecule has 1 aliphatic rings. The fourth-order valence-corrected chi connectivity index (χ4v) is 1.54. The second-order valence-electron chi connectivity index (χ2n) is 2.18. The summed E-state index contributed by atoms with van der Waals surface area (Å²) >= 11 is 1.04. The molecule has 0 aromatic rings. The number of esters is 1. The number of thioether (sulfide) groups is 1. The van der Waals surface area contributed by atoms with E-state index in [0.29, 0.717) is 0 Å². The molecule has 1 rings (SSSR count). The molecule has 5 nitrogen and oxygen atoms in total. The van der Waals surface area contributed by atoms with Gasteiger partial charge in [-0.25, -0.2) is 4.79 Å². The number of hydrogen-bond donors (Lipinski definition) is 1. The number of carbonyl (C=O) groups is 3. The number of methoxy groups -OCH3 is 1. The molecule has 0 fully saturated rings. The van der Waals surface area contributed by atoms with Gasteiger partial charge in [0, 0.05) is 0 Å². The zero-order valence-electron chi connectivity index (χ0n) is 7.04. The van der Waals surface area contributed by atoms with E-state index in [1.807, 2.05) is 5.32 Å². The highest BCUT2D eigenvalue weighted by molar-refractivity contribution is 8.03. The summed E-state index contributed by atoms with van der Waals surface area (Å²) in [7, 11) is 1.16. The van der Waals surface area contributed by atoms with Crippen molar-refractivity contribution in [3.05, 3.63) is 10.5 Å². The van der Waals surface area contributed by atoms with Crippen molar-refractivity contribution < 1.29 is 19.1 Å². The molecule has 13 heavy (non-hydrogen) atoms. The lowest BCUT2D eigenvalue weighted by Gasteiger charge is -1.97. The SMILES string of the molecule is COC(=O)C1=C(SC)C(=O)NC1=O. The van der Waals surface area contributed by atoms with Crippen LogP contribution >= 0.6 is 11.8 Å². The van der Waals surface area contributed by atoms with Gasteiger partial charge in [-0.1, -0.05) is 0 Å². The van der Waals surface area contributed by atoms with Gasteiger partial charge in [0.05, 0.1) is 12.0 Å². The van der Waals surface area contributed by atoms with E-state index in [1.54, 1.807) is 6.26 Å². The monoisotopic (exact) mass is 201 g/mol. The van der Waals surface area contributed by atoms with Crippen LogP contribution in [-0.4, -0.2) is 31.1 Å². The van der Waals surface area contributed by atoms with Crippen molar-refractivity contribution >= 4 is 29.5 Å². The first-order valence-corrected chi connectivity index (χ1v) is 4.56. The molecule has 70 valence electrons. The van der Waals surface area contributed by atoms with E-state index in [-0.39, 0.29) is 10.5 Å². The van der Waals surface area contributed by atoms with E-state index >= 15 is 0 Å². The van der Waals surface area contributed by atoms with Gasteiger partial charge in [-0.3, -0.25) is 14.9 Å². The van der Waals surface area contributed by atoms with Gasteiger partial charge in [0.25, 0.3) is 11.8 Å². The Kier molecular flexibility index (Phi) is 2.72. The fourth-order valence-electron chi connectivity index (χ4n) is 0.921. The Bertz CT molecular complexity index is 320. The normalized spacial score (nSPS) is 16.2. The third kappa shape index (κ3) is 1.57. The van der Waals surface area contributed by atoms with Crippen molar-refractivity contribution in [2.45, 2.75) is 0 Å². The molecule has 0 bridgehead atoms. The average molecular weight is 201 g/mol. The van der Waals surface area contributed by atoms with Gasteiger partial charge in [-0.15, -0.1) is 11.8 Å². The Morgan fingerprint density at radius 2 is 2.00 bits per heavy atom. The minimum atomic E-state index is -0.785. The lowest BCUT2D eigenvalue weighted by atomic mass is 10.3. The summed E-state index contributed by atoms with van der Waals surface area (Å²) in [4.78, 5) is 33.2. The summed E-state index contributed by atoms with van der Waals surface area (Å²) in [5.41, 5.74) is -0.208. The molecule has 6 heteroatoms. The van der Waals surface area contributed by atoms with Crippen LogP contribution in [0.3, 0.4) is 0 Å². The first-order chi connectivity index (χ1) is 6.11. The predicted molar refractivity (Wildman–Crippen MR) is 45.7 cm³/mol. The molecule has 1 N–H and O–H groups in total. The maximum atomic E-state index is 11.1. The second kappa shape index (κ2) is 3.61. The van der Waals surface area contributed by atoms with Gasteiger partial charge in [0.2, 0.25) is 0 Å². The summed E-state index contributed by atoms with van der Waals surface area (Å²) in [5, 5.41) is 2.01. The molecule has 0 unspecified atom stereocenters. The number of hydrogen-bond acceptors (Lipinski definition) is 5. The van der Waals surface area contributed by atoms with Crippen LogP contribution < -0.4 is 5.32 Å². The van der Waals surface area contributed by atoms with Crippen molar-refractivity contribution in [1.82, 2.24) is 5.32 Å². The van der Waals surface area contributed by atoms with Gasteiger partial charge in [0.1, 0.15) is 5.57 Å². The number of imide groups is 1. The largest absolute Gasteiger partial charge is 0.465 e. The van der Waals surface area contributed by atoms with Crippen molar-refractivity contribution in [2.24, 2.45) is 0 Å². The van der Waals surface area contributed by atoms with Gasteiger partial charge >= 0.3 is 5.97 Å². The first-order valence-electron chi connectivity index (χ1n) is 3.34. The third-order valence-corrected chi connectivity index (χ3v) is 2.28. The lowest BCUT2D eigenvalue weighted by Crippen LogP contribution is -2.24. The van der Waals surface area contributed by atoms with Crippen LogP contribution in [0.4, 0.5) is 0 Å². The molecule has 0 radical (unpaired) electrons. The van der Waals surface area contributed by atoms with Crippen molar-refractivity contribution in [2.75, 3.05) is 13.4 Å². The van der Waals surface area contributed by atoms with E-state index in [0.717, 1.165) is 18.9 Å². The average Bonchev–Trinajstić information content (AvgIpc) is 2.39. The quantitative estimate of drug-likeness (QED) is 0.368.